The van der Waals surface area contributed by atoms with Crippen LogP contribution in [-0.2, 0) is 9.63 Å². The van der Waals surface area contributed by atoms with Crippen LogP contribution in [0.15, 0.2) is 29.4 Å². The van der Waals surface area contributed by atoms with Gasteiger partial charge < -0.3 is 20.6 Å². The van der Waals surface area contributed by atoms with Crippen molar-refractivity contribution in [1.29, 1.82) is 0 Å². The van der Waals surface area contributed by atoms with Gasteiger partial charge in [0, 0.05) is 12.1 Å². The second kappa shape index (κ2) is 9.60. The van der Waals surface area contributed by atoms with Crippen LogP contribution < -0.4 is 15.8 Å². The average Bonchev–Trinajstić information content (AvgIpc) is 2.46. The number of hydrogen-bond acceptors (Lipinski definition) is 4. The molecule has 0 aliphatic rings. The summed E-state index contributed by atoms with van der Waals surface area (Å²) in [5.74, 6) is 0.411. The first kappa shape index (κ1) is 18.7. The molecule has 0 aromatic heterocycles. The molecule has 0 unspecified atom stereocenters. The van der Waals surface area contributed by atoms with E-state index in [4.69, 9.17) is 10.6 Å². The topological polar surface area (TPSA) is 85.9 Å². The zero-order valence-corrected chi connectivity index (χ0v) is 13.1. The third-order valence-corrected chi connectivity index (χ3v) is 2.72. The largest absolute Gasteiger partial charge is 0.435 e. The predicted octanol–water partition coefficient (Wildman–Crippen LogP) is 2.95. The number of oxime groups is 1. The monoisotopic (exact) mass is 329 g/mol. The smallest absolute Gasteiger partial charge is 0.387 e. The molecule has 0 radical (unpaired) electrons. The van der Waals surface area contributed by atoms with Crippen molar-refractivity contribution in [2.45, 2.75) is 33.3 Å². The molecule has 0 saturated heterocycles. The SMILES string of the molecule is CC(C)CC/C(N)=N/OCC(=O)Nc1ccc(OC(F)F)cc1. The van der Waals surface area contributed by atoms with E-state index in [0.29, 0.717) is 23.9 Å². The van der Waals surface area contributed by atoms with Crippen LogP contribution in [0.1, 0.15) is 26.7 Å². The van der Waals surface area contributed by atoms with E-state index in [-0.39, 0.29) is 12.4 Å². The number of nitrogens with two attached hydrogens (primary N) is 1. The van der Waals surface area contributed by atoms with Gasteiger partial charge in [-0.3, -0.25) is 4.79 Å². The molecule has 0 aliphatic heterocycles. The van der Waals surface area contributed by atoms with Crippen LogP contribution >= 0.6 is 0 Å². The van der Waals surface area contributed by atoms with Gasteiger partial charge in [0.05, 0.1) is 0 Å². The van der Waals surface area contributed by atoms with Crippen LogP contribution in [0, 0.1) is 5.92 Å². The van der Waals surface area contributed by atoms with Crippen molar-refractivity contribution in [3.05, 3.63) is 24.3 Å². The molecule has 128 valence electrons. The fraction of sp³-hybridized carbons (Fsp3) is 0.467. The average molecular weight is 329 g/mol. The molecule has 1 aromatic rings. The van der Waals surface area contributed by atoms with Gasteiger partial charge in [-0.2, -0.15) is 8.78 Å². The molecule has 1 amide bonds. The number of carbonyl (C=O) groups is 1. The highest BCUT2D eigenvalue weighted by Crippen LogP contribution is 2.17. The summed E-state index contributed by atoms with van der Waals surface area (Å²) in [5.41, 5.74) is 6.06. The van der Waals surface area contributed by atoms with Gasteiger partial charge in [-0.05, 0) is 36.6 Å². The lowest BCUT2D eigenvalue weighted by molar-refractivity contribution is -0.120. The normalized spacial score (nSPS) is 11.7. The Kier molecular flexibility index (Phi) is 7.79. The summed E-state index contributed by atoms with van der Waals surface area (Å²) in [4.78, 5) is 16.5. The van der Waals surface area contributed by atoms with Crippen LogP contribution in [0.25, 0.3) is 0 Å². The molecule has 23 heavy (non-hydrogen) atoms. The number of rotatable bonds is 9. The maximum absolute atomic E-state index is 12.0. The van der Waals surface area contributed by atoms with Gasteiger partial charge in [-0.1, -0.05) is 19.0 Å². The number of carbonyl (C=O) groups excluding carboxylic acids is 1. The molecule has 0 spiro atoms. The van der Waals surface area contributed by atoms with Crippen LogP contribution in [0.3, 0.4) is 0 Å². The quantitative estimate of drug-likeness (QED) is 0.414. The molecule has 1 aromatic carbocycles. The lowest BCUT2D eigenvalue weighted by atomic mass is 10.1. The van der Waals surface area contributed by atoms with E-state index in [0.717, 1.165) is 6.42 Å². The summed E-state index contributed by atoms with van der Waals surface area (Å²) >= 11 is 0. The first-order valence-corrected chi connectivity index (χ1v) is 7.16. The highest BCUT2D eigenvalue weighted by Gasteiger charge is 2.06. The Labute approximate surface area is 133 Å². The number of nitrogens with one attached hydrogen (secondary N) is 1. The lowest BCUT2D eigenvalue weighted by Crippen LogP contribution is -2.19. The second-order valence-electron chi connectivity index (χ2n) is 5.24. The van der Waals surface area contributed by atoms with Crippen LogP contribution in [-0.4, -0.2) is 25.0 Å². The Balaban J connectivity index is 2.34. The van der Waals surface area contributed by atoms with Crippen LogP contribution in [0.5, 0.6) is 5.75 Å². The minimum absolute atomic E-state index is 0.0109. The number of amidine groups is 1. The third kappa shape index (κ3) is 8.60. The molecular formula is C15H21F2N3O3. The van der Waals surface area contributed by atoms with Gasteiger partial charge in [-0.15, -0.1) is 0 Å². The molecule has 0 saturated carbocycles. The fourth-order valence-electron chi connectivity index (χ4n) is 1.57. The maximum Gasteiger partial charge on any atom is 0.387 e. The maximum atomic E-state index is 12.0. The van der Waals surface area contributed by atoms with E-state index >= 15 is 0 Å². The van der Waals surface area contributed by atoms with Gasteiger partial charge in [0.1, 0.15) is 11.6 Å². The molecule has 8 heteroatoms. The number of anilines is 1. The Morgan fingerprint density at radius 2 is 1.96 bits per heavy atom. The first-order chi connectivity index (χ1) is 10.9. The van der Waals surface area contributed by atoms with Crippen molar-refractivity contribution in [2.75, 3.05) is 11.9 Å². The van der Waals surface area contributed by atoms with Crippen molar-refractivity contribution in [3.8, 4) is 5.75 Å². The molecule has 3 N–H and O–H groups in total. The van der Waals surface area contributed by atoms with Gasteiger partial charge >= 0.3 is 6.61 Å². The predicted molar refractivity (Wildman–Crippen MR) is 83.4 cm³/mol. The lowest BCUT2D eigenvalue weighted by Gasteiger charge is -2.07. The fourth-order valence-corrected chi connectivity index (χ4v) is 1.57. The first-order valence-electron chi connectivity index (χ1n) is 7.16. The molecule has 0 bridgehead atoms. The summed E-state index contributed by atoms with van der Waals surface area (Å²) in [5, 5.41) is 6.18. The van der Waals surface area contributed by atoms with Crippen molar-refractivity contribution in [2.24, 2.45) is 16.8 Å². The number of amides is 1. The van der Waals surface area contributed by atoms with E-state index in [1.165, 1.54) is 24.3 Å². The Morgan fingerprint density at radius 1 is 1.30 bits per heavy atom. The molecule has 6 nitrogen and oxygen atoms in total. The highest BCUT2D eigenvalue weighted by molar-refractivity contribution is 5.91. The highest BCUT2D eigenvalue weighted by atomic mass is 19.3. The molecule has 0 atom stereocenters. The number of benzene rings is 1. The summed E-state index contributed by atoms with van der Waals surface area (Å²) in [6.45, 7) is 0.957. The number of ether oxygens (including phenoxy) is 1. The van der Waals surface area contributed by atoms with E-state index in [9.17, 15) is 13.6 Å². The minimum atomic E-state index is -2.89. The number of hydrogen-bond donors (Lipinski definition) is 2. The zero-order chi connectivity index (χ0) is 17.2. The van der Waals surface area contributed by atoms with E-state index < -0.39 is 12.5 Å². The van der Waals surface area contributed by atoms with Gasteiger partial charge in [0.15, 0.2) is 6.61 Å². The summed E-state index contributed by atoms with van der Waals surface area (Å²) in [6.07, 6.45) is 1.49. The molecular weight excluding hydrogens is 308 g/mol. The van der Waals surface area contributed by atoms with Gasteiger partial charge in [-0.25, -0.2) is 0 Å². The molecule has 0 fully saturated rings. The summed E-state index contributed by atoms with van der Waals surface area (Å²) in [6, 6.07) is 5.53. The minimum Gasteiger partial charge on any atom is -0.435 e. The van der Waals surface area contributed by atoms with E-state index in [1.807, 2.05) is 0 Å². The Bertz CT molecular complexity index is 519. The number of halogens is 2. The summed E-state index contributed by atoms with van der Waals surface area (Å²) < 4.78 is 28.2. The van der Waals surface area contributed by atoms with E-state index in [1.54, 1.807) is 0 Å². The van der Waals surface area contributed by atoms with Crippen molar-refractivity contribution >= 4 is 17.4 Å². The Hall–Kier alpha value is -2.38. The van der Waals surface area contributed by atoms with Crippen LogP contribution in [0.2, 0.25) is 0 Å². The van der Waals surface area contributed by atoms with Crippen molar-refractivity contribution in [1.82, 2.24) is 0 Å². The summed E-state index contributed by atoms with van der Waals surface area (Å²) in [7, 11) is 0. The zero-order valence-electron chi connectivity index (χ0n) is 13.1. The van der Waals surface area contributed by atoms with Gasteiger partial charge in [0.2, 0.25) is 0 Å². The standard InChI is InChI=1S/C15H21F2N3O3/c1-10(2)3-8-13(18)20-22-9-14(21)19-11-4-6-12(7-5-11)23-15(16)17/h4-7,10,15H,3,8-9H2,1-2H3,(H2,18,20)(H,19,21). The molecule has 1 rings (SSSR count). The number of nitrogens with zero attached hydrogens (tertiary/aromatic N) is 1. The number of alkyl halides is 2. The van der Waals surface area contributed by atoms with Gasteiger partial charge in [0.25, 0.3) is 5.91 Å². The van der Waals surface area contributed by atoms with E-state index in [2.05, 4.69) is 29.1 Å². The molecule has 0 heterocycles. The van der Waals surface area contributed by atoms with Crippen molar-refractivity contribution < 1.29 is 23.1 Å². The third-order valence-electron chi connectivity index (χ3n) is 2.72. The van der Waals surface area contributed by atoms with Crippen molar-refractivity contribution in [3.63, 3.8) is 0 Å². The van der Waals surface area contributed by atoms with Crippen LogP contribution in [0.4, 0.5) is 14.5 Å². The molecule has 0 aliphatic carbocycles. The second-order valence-corrected chi connectivity index (χ2v) is 5.24. The Morgan fingerprint density at radius 3 is 2.52 bits per heavy atom.